The first-order valence-electron chi connectivity index (χ1n) is 13.2. The Morgan fingerprint density at radius 2 is 1.19 bits per heavy atom. The van der Waals surface area contributed by atoms with Gasteiger partial charge in [0.1, 0.15) is 16.7 Å². The van der Waals surface area contributed by atoms with Crippen molar-refractivity contribution in [1.29, 1.82) is 0 Å². The minimum Gasteiger partial charge on any atom is -0.457 e. The van der Waals surface area contributed by atoms with Crippen molar-refractivity contribution in [1.82, 2.24) is 5.32 Å². The van der Waals surface area contributed by atoms with E-state index < -0.39 is 5.54 Å². The standard InChI is InChI=1S/C26H41NO4/c1-3-24(9-5-6-10-24)30-22(28)26(20-14-18-13-19(16-20)17-21(26)15-18)27-23(29)31-25(4-2)11-7-8-12-25/h18-21H,3-17H2,1-2H3,(H,27,29). The van der Waals surface area contributed by atoms with Crippen LogP contribution >= 0.6 is 0 Å². The average molecular weight is 432 g/mol. The summed E-state index contributed by atoms with van der Waals surface area (Å²) in [5.41, 5.74) is -1.57. The highest BCUT2D eigenvalue weighted by atomic mass is 16.6. The lowest BCUT2D eigenvalue weighted by molar-refractivity contribution is -0.186. The van der Waals surface area contributed by atoms with Gasteiger partial charge in [-0.1, -0.05) is 13.8 Å². The van der Waals surface area contributed by atoms with Gasteiger partial charge in [-0.15, -0.1) is 0 Å². The second-order valence-corrected chi connectivity index (χ2v) is 11.6. The first-order valence-corrected chi connectivity index (χ1v) is 13.2. The maximum atomic E-state index is 14.0. The summed E-state index contributed by atoms with van der Waals surface area (Å²) in [4.78, 5) is 27.3. The number of carbonyl (C=O) groups excluding carboxylic acids is 2. The van der Waals surface area contributed by atoms with Crippen LogP contribution in [0.1, 0.15) is 110 Å². The summed E-state index contributed by atoms with van der Waals surface area (Å²) >= 11 is 0. The van der Waals surface area contributed by atoms with Gasteiger partial charge in [-0.05, 0) is 120 Å². The molecule has 174 valence electrons. The van der Waals surface area contributed by atoms with Gasteiger partial charge in [0.2, 0.25) is 0 Å². The fraction of sp³-hybridized carbons (Fsp3) is 0.923. The summed E-state index contributed by atoms with van der Waals surface area (Å²) in [6.45, 7) is 4.24. The van der Waals surface area contributed by atoms with Crippen LogP contribution in [0.3, 0.4) is 0 Å². The highest BCUT2D eigenvalue weighted by Crippen LogP contribution is 2.59. The second-order valence-electron chi connectivity index (χ2n) is 11.6. The fourth-order valence-corrected chi connectivity index (χ4v) is 8.28. The van der Waals surface area contributed by atoms with Crippen molar-refractivity contribution >= 4 is 12.1 Å². The summed E-state index contributed by atoms with van der Waals surface area (Å²) < 4.78 is 12.5. The number of hydrogen-bond donors (Lipinski definition) is 1. The zero-order valence-corrected chi connectivity index (χ0v) is 19.5. The molecule has 31 heavy (non-hydrogen) atoms. The van der Waals surface area contributed by atoms with Crippen molar-refractivity contribution < 1.29 is 19.1 Å². The van der Waals surface area contributed by atoms with Crippen LogP contribution < -0.4 is 5.32 Å². The Bertz CT molecular complexity index is 676. The molecule has 0 unspecified atom stereocenters. The van der Waals surface area contributed by atoms with E-state index in [1.54, 1.807) is 0 Å². The molecule has 0 radical (unpaired) electrons. The number of esters is 1. The molecule has 5 nitrogen and oxygen atoms in total. The van der Waals surface area contributed by atoms with Gasteiger partial charge in [-0.3, -0.25) is 0 Å². The molecule has 0 atom stereocenters. The van der Waals surface area contributed by atoms with Crippen molar-refractivity contribution in [2.24, 2.45) is 23.7 Å². The van der Waals surface area contributed by atoms with Crippen molar-refractivity contribution in [3.05, 3.63) is 0 Å². The number of carbonyl (C=O) groups is 2. The lowest BCUT2D eigenvalue weighted by atomic mass is 9.48. The van der Waals surface area contributed by atoms with Crippen LogP contribution in [0.5, 0.6) is 0 Å². The Morgan fingerprint density at radius 1 is 0.742 bits per heavy atom. The molecular weight excluding hydrogens is 390 g/mol. The monoisotopic (exact) mass is 431 g/mol. The van der Waals surface area contributed by atoms with Gasteiger partial charge in [0, 0.05) is 0 Å². The summed E-state index contributed by atoms with van der Waals surface area (Å²) in [6.07, 6.45) is 15.0. The summed E-state index contributed by atoms with van der Waals surface area (Å²) in [5, 5.41) is 3.24. The number of rotatable bonds is 6. The third-order valence-electron chi connectivity index (χ3n) is 10.0. The van der Waals surface area contributed by atoms with Crippen LogP contribution in [0.25, 0.3) is 0 Å². The lowest BCUT2D eigenvalue weighted by Crippen LogP contribution is -2.71. The van der Waals surface area contributed by atoms with Crippen LogP contribution in [0, 0.1) is 23.7 Å². The molecule has 5 heteroatoms. The van der Waals surface area contributed by atoms with E-state index in [9.17, 15) is 9.59 Å². The van der Waals surface area contributed by atoms with E-state index in [0.29, 0.717) is 11.8 Å². The quantitative estimate of drug-likeness (QED) is 0.532. The molecule has 0 aromatic heterocycles. The Labute approximate surface area is 187 Å². The second kappa shape index (κ2) is 7.95. The Kier molecular flexibility index (Phi) is 5.53. The van der Waals surface area contributed by atoms with Gasteiger partial charge in [0.05, 0.1) is 0 Å². The highest BCUT2D eigenvalue weighted by molar-refractivity contribution is 5.87. The van der Waals surface area contributed by atoms with E-state index in [1.165, 1.54) is 6.42 Å². The first-order chi connectivity index (χ1) is 14.9. The smallest absolute Gasteiger partial charge is 0.408 e. The SMILES string of the molecule is CCC1(OC(=O)NC2(C(=O)OC3(CC)CCCC3)C3CC4CC(C3)CC2C4)CCCC1. The van der Waals surface area contributed by atoms with E-state index >= 15 is 0 Å². The number of hydrogen-bond acceptors (Lipinski definition) is 4. The largest absolute Gasteiger partial charge is 0.457 e. The van der Waals surface area contributed by atoms with Crippen LogP contribution in [0.15, 0.2) is 0 Å². The Balaban J connectivity index is 1.41. The Hall–Kier alpha value is -1.26. The van der Waals surface area contributed by atoms with Gasteiger partial charge < -0.3 is 14.8 Å². The molecule has 0 aliphatic heterocycles. The van der Waals surface area contributed by atoms with Gasteiger partial charge in [0.25, 0.3) is 0 Å². The molecule has 0 aromatic rings. The molecule has 6 saturated carbocycles. The maximum absolute atomic E-state index is 14.0. The lowest BCUT2D eigenvalue weighted by Gasteiger charge is -2.59. The van der Waals surface area contributed by atoms with Crippen molar-refractivity contribution in [3.63, 3.8) is 0 Å². The number of alkyl carbamates (subject to hydrolysis) is 1. The molecule has 0 saturated heterocycles. The van der Waals surface area contributed by atoms with Crippen LogP contribution in [-0.2, 0) is 14.3 Å². The van der Waals surface area contributed by atoms with Gasteiger partial charge >= 0.3 is 12.1 Å². The van der Waals surface area contributed by atoms with Crippen molar-refractivity contribution in [3.8, 4) is 0 Å². The molecule has 1 N–H and O–H groups in total. The minimum atomic E-state index is -0.886. The third-order valence-corrected chi connectivity index (χ3v) is 10.0. The molecule has 4 bridgehead atoms. The molecular formula is C26H41NO4. The molecule has 6 aliphatic carbocycles. The topological polar surface area (TPSA) is 64.6 Å². The predicted molar refractivity (Wildman–Crippen MR) is 118 cm³/mol. The first kappa shape index (κ1) is 21.6. The molecule has 6 aliphatic rings. The number of amides is 1. The van der Waals surface area contributed by atoms with Gasteiger partial charge in [-0.2, -0.15) is 0 Å². The fourth-order valence-electron chi connectivity index (χ4n) is 8.28. The number of nitrogens with one attached hydrogen (secondary N) is 1. The molecule has 1 amide bonds. The van der Waals surface area contributed by atoms with Crippen molar-refractivity contribution in [2.45, 2.75) is 127 Å². The maximum Gasteiger partial charge on any atom is 0.408 e. The average Bonchev–Trinajstić information content (AvgIpc) is 3.41. The zero-order valence-electron chi connectivity index (χ0n) is 19.5. The van der Waals surface area contributed by atoms with Crippen LogP contribution in [0.4, 0.5) is 4.79 Å². The predicted octanol–water partition coefficient (Wildman–Crippen LogP) is 5.90. The highest BCUT2D eigenvalue weighted by Gasteiger charge is 2.64. The normalized spacial score (nSPS) is 39.4. The number of ether oxygens (including phenoxy) is 2. The summed E-state index contributed by atoms with van der Waals surface area (Å²) in [5.74, 6) is 1.66. The van der Waals surface area contributed by atoms with E-state index in [0.717, 1.165) is 89.9 Å². The molecule has 0 heterocycles. The minimum absolute atomic E-state index is 0.154. The van der Waals surface area contributed by atoms with Crippen LogP contribution in [-0.4, -0.2) is 28.8 Å². The van der Waals surface area contributed by atoms with Crippen molar-refractivity contribution in [2.75, 3.05) is 0 Å². The summed E-state index contributed by atoms with van der Waals surface area (Å²) in [6, 6.07) is 0. The molecule has 6 rings (SSSR count). The van der Waals surface area contributed by atoms with Gasteiger partial charge in [-0.25, -0.2) is 9.59 Å². The van der Waals surface area contributed by atoms with E-state index in [-0.39, 0.29) is 35.1 Å². The van der Waals surface area contributed by atoms with Crippen LogP contribution in [0.2, 0.25) is 0 Å². The Morgan fingerprint density at radius 3 is 1.65 bits per heavy atom. The summed E-state index contributed by atoms with van der Waals surface area (Å²) in [7, 11) is 0. The van der Waals surface area contributed by atoms with E-state index in [4.69, 9.17) is 9.47 Å². The molecule has 0 aromatic carbocycles. The molecule has 6 fully saturated rings. The van der Waals surface area contributed by atoms with E-state index in [1.807, 2.05) is 0 Å². The zero-order chi connectivity index (χ0) is 21.7. The van der Waals surface area contributed by atoms with E-state index in [2.05, 4.69) is 19.2 Å². The molecule has 0 spiro atoms. The third kappa shape index (κ3) is 3.58. The van der Waals surface area contributed by atoms with Gasteiger partial charge in [0.15, 0.2) is 0 Å².